The van der Waals surface area contributed by atoms with Crippen LogP contribution in [0, 0.1) is 11.3 Å². The number of benzene rings is 3. The zero-order valence-corrected chi connectivity index (χ0v) is 20.0. The van der Waals surface area contributed by atoms with Gasteiger partial charge >= 0.3 is 5.97 Å². The van der Waals surface area contributed by atoms with Crippen molar-refractivity contribution in [1.82, 2.24) is 0 Å². The molecule has 2 N–H and O–H groups in total. The number of nitrogens with zero attached hydrogens (tertiary/aromatic N) is 1. The summed E-state index contributed by atoms with van der Waals surface area (Å²) >= 11 is 18.5. The van der Waals surface area contributed by atoms with Crippen molar-refractivity contribution in [2.24, 2.45) is 5.73 Å². The Morgan fingerprint density at radius 1 is 1.12 bits per heavy atom. The largest absolute Gasteiger partial charge is 0.491 e. The van der Waals surface area contributed by atoms with Crippen molar-refractivity contribution in [1.29, 1.82) is 5.26 Å². The molecule has 0 fully saturated rings. The van der Waals surface area contributed by atoms with Crippen molar-refractivity contribution in [3.63, 3.8) is 0 Å². The van der Waals surface area contributed by atoms with Crippen molar-refractivity contribution < 1.29 is 19.0 Å². The smallest absolute Gasteiger partial charge is 0.343 e. The molecule has 1 unspecified atom stereocenters. The normalized spacial score (nSPS) is 14.6. The maximum Gasteiger partial charge on any atom is 0.343 e. The van der Waals surface area contributed by atoms with Gasteiger partial charge in [-0.1, -0.05) is 53.0 Å². The third-order valence-electron chi connectivity index (χ3n) is 5.11. The quantitative estimate of drug-likeness (QED) is 0.308. The minimum atomic E-state index is -0.671. The van der Waals surface area contributed by atoms with E-state index in [-0.39, 0.29) is 32.8 Å². The molecule has 3 aromatic rings. The number of esters is 1. The number of hydrogen-bond acceptors (Lipinski definition) is 6. The maximum atomic E-state index is 12.7. The van der Waals surface area contributed by atoms with Crippen LogP contribution >= 0.6 is 34.8 Å². The van der Waals surface area contributed by atoms with Crippen LogP contribution in [0.25, 0.3) is 0 Å². The number of allylic oxidation sites excluding steroid dienone is 1. The van der Waals surface area contributed by atoms with Gasteiger partial charge in [0.2, 0.25) is 5.88 Å². The molecule has 6 nitrogen and oxygen atoms in total. The second-order valence-corrected chi connectivity index (χ2v) is 8.52. The highest BCUT2D eigenvalue weighted by molar-refractivity contribution is 6.37. The van der Waals surface area contributed by atoms with E-state index >= 15 is 0 Å². The highest BCUT2D eigenvalue weighted by Crippen LogP contribution is 2.44. The average Bonchev–Trinajstić information content (AvgIpc) is 2.80. The number of halogens is 3. The monoisotopic (exact) mass is 514 g/mol. The Hall–Kier alpha value is -3.37. The second-order valence-electron chi connectivity index (χ2n) is 7.27. The first-order chi connectivity index (χ1) is 16.3. The van der Waals surface area contributed by atoms with Gasteiger partial charge in [-0.05, 0) is 42.8 Å². The lowest BCUT2D eigenvalue weighted by atomic mass is 9.83. The van der Waals surface area contributed by atoms with E-state index in [0.29, 0.717) is 28.7 Å². The minimum Gasteiger partial charge on any atom is -0.491 e. The van der Waals surface area contributed by atoms with Gasteiger partial charge < -0.3 is 19.9 Å². The van der Waals surface area contributed by atoms with E-state index in [1.54, 1.807) is 37.3 Å². The molecule has 1 aliphatic heterocycles. The molecular weight excluding hydrogens is 499 g/mol. The summed E-state index contributed by atoms with van der Waals surface area (Å²) in [7, 11) is 0. The highest BCUT2D eigenvalue weighted by atomic mass is 35.5. The summed E-state index contributed by atoms with van der Waals surface area (Å²) in [4.78, 5) is 12.7. The Bertz CT molecular complexity index is 1340. The summed E-state index contributed by atoms with van der Waals surface area (Å²) in [6, 6.07) is 17.0. The van der Waals surface area contributed by atoms with Crippen molar-refractivity contribution in [3.8, 4) is 23.3 Å². The predicted molar refractivity (Wildman–Crippen MR) is 130 cm³/mol. The van der Waals surface area contributed by atoms with Gasteiger partial charge in [-0.2, -0.15) is 5.26 Å². The number of fused-ring (bicyclic) bond motifs is 1. The van der Waals surface area contributed by atoms with E-state index in [9.17, 15) is 10.1 Å². The first-order valence-corrected chi connectivity index (χ1v) is 11.3. The molecule has 1 aliphatic rings. The summed E-state index contributed by atoms with van der Waals surface area (Å²) in [6.45, 7) is 2.17. The molecule has 0 aliphatic carbocycles. The summed E-state index contributed by atoms with van der Waals surface area (Å²) in [5.74, 6) is -0.325. The van der Waals surface area contributed by atoms with Crippen molar-refractivity contribution >= 4 is 40.8 Å². The molecule has 0 spiro atoms. The molecule has 1 atom stereocenters. The van der Waals surface area contributed by atoms with Gasteiger partial charge in [0.25, 0.3) is 0 Å². The maximum absolute atomic E-state index is 12.7. The molecule has 0 amide bonds. The van der Waals surface area contributed by atoms with E-state index in [1.807, 2.05) is 6.07 Å². The van der Waals surface area contributed by atoms with E-state index in [0.717, 1.165) is 5.56 Å². The van der Waals surface area contributed by atoms with Gasteiger partial charge in [-0.15, -0.1) is 0 Å². The molecule has 0 aromatic heterocycles. The van der Waals surface area contributed by atoms with E-state index in [2.05, 4.69) is 6.07 Å². The molecule has 172 valence electrons. The number of hydrogen-bond donors (Lipinski definition) is 1. The van der Waals surface area contributed by atoms with Gasteiger partial charge in [0.05, 0.1) is 28.1 Å². The second kappa shape index (κ2) is 9.86. The van der Waals surface area contributed by atoms with Crippen LogP contribution in [0.2, 0.25) is 15.1 Å². The number of carbonyl (C=O) groups is 1. The first-order valence-electron chi connectivity index (χ1n) is 10.1. The first kappa shape index (κ1) is 23.8. The standard InChI is InChI=1S/C25H17Cl3N2O4/c1-2-32-23-19(27)9-14(10-20(23)28)25(31)33-16-6-7-17-21(11-16)34-24(30)18(12-29)22(17)13-4-3-5-15(26)8-13/h3-11,22H,2,30H2,1H3. The van der Waals surface area contributed by atoms with E-state index in [1.165, 1.54) is 18.2 Å². The molecule has 0 saturated heterocycles. The molecular formula is C25H17Cl3N2O4. The van der Waals surface area contributed by atoms with Crippen molar-refractivity contribution in [2.45, 2.75) is 12.8 Å². The molecule has 0 bridgehead atoms. The van der Waals surface area contributed by atoms with Crippen LogP contribution in [0.5, 0.6) is 17.2 Å². The Kier molecular flexibility index (Phi) is 6.90. The molecule has 3 aromatic carbocycles. The van der Waals surface area contributed by atoms with Crippen LogP contribution in [-0.2, 0) is 0 Å². The summed E-state index contributed by atoms with van der Waals surface area (Å²) in [5, 5.41) is 10.6. The molecule has 9 heteroatoms. The summed E-state index contributed by atoms with van der Waals surface area (Å²) in [6.07, 6.45) is 0. The average molecular weight is 516 g/mol. The number of nitriles is 1. The molecule has 0 radical (unpaired) electrons. The van der Waals surface area contributed by atoms with Crippen molar-refractivity contribution in [2.75, 3.05) is 6.61 Å². The third-order valence-corrected chi connectivity index (χ3v) is 5.90. The van der Waals surface area contributed by atoms with Crippen LogP contribution in [0.15, 0.2) is 66.1 Å². The summed E-state index contributed by atoms with van der Waals surface area (Å²) in [5.41, 5.74) is 7.91. The van der Waals surface area contributed by atoms with Gasteiger partial charge in [0, 0.05) is 16.7 Å². The molecule has 1 heterocycles. The Morgan fingerprint density at radius 3 is 2.50 bits per heavy atom. The van der Waals surface area contributed by atoms with Crippen LogP contribution < -0.4 is 19.9 Å². The third kappa shape index (κ3) is 4.64. The fourth-order valence-electron chi connectivity index (χ4n) is 3.65. The van der Waals surface area contributed by atoms with Crippen LogP contribution in [-0.4, -0.2) is 12.6 Å². The van der Waals surface area contributed by atoms with Gasteiger partial charge in [-0.3, -0.25) is 0 Å². The van der Waals surface area contributed by atoms with Gasteiger partial charge in [0.15, 0.2) is 5.75 Å². The number of rotatable bonds is 5. The zero-order valence-electron chi connectivity index (χ0n) is 17.8. The number of ether oxygens (including phenoxy) is 3. The Morgan fingerprint density at radius 2 is 1.85 bits per heavy atom. The van der Waals surface area contributed by atoms with Gasteiger partial charge in [-0.25, -0.2) is 4.79 Å². The van der Waals surface area contributed by atoms with Gasteiger partial charge in [0.1, 0.15) is 23.1 Å². The summed E-state index contributed by atoms with van der Waals surface area (Å²) < 4.78 is 16.6. The number of nitrogens with two attached hydrogens (primary N) is 1. The van der Waals surface area contributed by atoms with Crippen molar-refractivity contribution in [3.05, 3.63) is 97.8 Å². The Balaban J connectivity index is 1.66. The van der Waals surface area contributed by atoms with E-state index in [4.69, 9.17) is 54.7 Å². The topological polar surface area (TPSA) is 94.6 Å². The van der Waals surface area contributed by atoms with E-state index < -0.39 is 11.9 Å². The molecule has 4 rings (SSSR count). The zero-order chi connectivity index (χ0) is 24.4. The Labute approximate surface area is 211 Å². The lowest BCUT2D eigenvalue weighted by Crippen LogP contribution is -2.21. The highest BCUT2D eigenvalue weighted by Gasteiger charge is 2.31. The van der Waals surface area contributed by atoms with Crippen LogP contribution in [0.1, 0.15) is 34.3 Å². The fraction of sp³-hybridized carbons (Fsp3) is 0.120. The SMILES string of the molecule is CCOc1c(Cl)cc(C(=O)Oc2ccc3c(c2)OC(N)=C(C#N)C3c2cccc(Cl)c2)cc1Cl. The predicted octanol–water partition coefficient (Wildman–Crippen LogP) is 6.48. The molecule has 0 saturated carbocycles. The van der Waals surface area contributed by atoms with Crippen LogP contribution in [0.4, 0.5) is 0 Å². The fourth-order valence-corrected chi connectivity index (χ4v) is 4.45. The molecule has 34 heavy (non-hydrogen) atoms. The lowest BCUT2D eigenvalue weighted by Gasteiger charge is -2.26. The minimum absolute atomic E-state index is 0.0338. The number of carbonyl (C=O) groups excluding carboxylic acids is 1. The lowest BCUT2D eigenvalue weighted by molar-refractivity contribution is 0.0734. The van der Waals surface area contributed by atoms with Crippen LogP contribution in [0.3, 0.4) is 0 Å².